The maximum Gasteiger partial charge on any atom is 0.245 e. The van der Waals surface area contributed by atoms with Gasteiger partial charge in [0, 0.05) is 6.26 Å². The third kappa shape index (κ3) is 3.51. The summed E-state index contributed by atoms with van der Waals surface area (Å²) in [6.45, 7) is 1.01. The normalized spacial score (nSPS) is 16.7. The van der Waals surface area contributed by atoms with Crippen molar-refractivity contribution in [3.8, 4) is 0 Å². The zero-order valence-electron chi connectivity index (χ0n) is 13.0. The van der Waals surface area contributed by atoms with Crippen LogP contribution in [0.2, 0.25) is 0 Å². The molecular weight excluding hydrogens is 375 g/mol. The molecule has 3 N–H and O–H groups in total. The van der Waals surface area contributed by atoms with Crippen molar-refractivity contribution in [3.05, 3.63) is 24.5 Å². The summed E-state index contributed by atoms with van der Waals surface area (Å²) < 4.78 is 23.1. The molecule has 10 heteroatoms. The van der Waals surface area contributed by atoms with Crippen molar-refractivity contribution in [2.75, 3.05) is 24.7 Å². The van der Waals surface area contributed by atoms with E-state index >= 15 is 0 Å². The summed E-state index contributed by atoms with van der Waals surface area (Å²) in [5.41, 5.74) is 1.93. The molecule has 0 atom stereocenters. The molecule has 3 rings (SSSR count). The minimum absolute atomic E-state index is 0. The van der Waals surface area contributed by atoms with Crippen molar-refractivity contribution in [1.82, 2.24) is 15.3 Å². The Morgan fingerprint density at radius 1 is 1.25 bits per heavy atom. The van der Waals surface area contributed by atoms with Crippen LogP contribution in [0, 0.1) is 0 Å². The fraction of sp³-hybridized carbons (Fsp3) is 0.429. The third-order valence-electron chi connectivity index (χ3n) is 4.23. The van der Waals surface area contributed by atoms with Crippen molar-refractivity contribution in [2.45, 2.75) is 17.6 Å². The number of fused-ring (bicyclic) bond motifs is 1. The monoisotopic (exact) mass is 394 g/mol. The molecule has 1 amide bonds. The van der Waals surface area contributed by atoms with E-state index in [4.69, 9.17) is 0 Å². The molecule has 24 heavy (non-hydrogen) atoms. The lowest BCUT2D eigenvalue weighted by Crippen LogP contribution is -2.55. The van der Waals surface area contributed by atoms with E-state index < -0.39 is 20.5 Å². The number of aromatic amines is 1. The highest BCUT2D eigenvalue weighted by Gasteiger charge is 2.48. The fourth-order valence-electron chi connectivity index (χ4n) is 2.90. The first-order valence-electron chi connectivity index (χ1n) is 7.08. The van der Waals surface area contributed by atoms with Crippen LogP contribution in [-0.4, -0.2) is 48.4 Å². The number of piperidine rings is 1. The van der Waals surface area contributed by atoms with Crippen LogP contribution < -0.4 is 10.6 Å². The predicted molar refractivity (Wildman–Crippen MR) is 98.9 cm³/mol. The molecule has 0 bridgehead atoms. The number of nitrogens with zero attached hydrogens (tertiary/aromatic N) is 1. The topological polar surface area (TPSA) is 104 Å². The van der Waals surface area contributed by atoms with E-state index in [2.05, 4.69) is 20.6 Å². The van der Waals surface area contributed by atoms with E-state index in [0.717, 1.165) is 11.8 Å². The third-order valence-corrected chi connectivity index (χ3v) is 6.25. The SMILES string of the molecule is CS(=O)(=O)C1(C(=O)Nc2cccc3[nH]cnc23)CCNCC1.Cl.Cl. The molecule has 0 unspecified atom stereocenters. The number of carbonyl (C=O) groups is 1. The zero-order chi connectivity index (χ0) is 15.8. The van der Waals surface area contributed by atoms with E-state index in [1.165, 1.54) is 6.33 Å². The first-order valence-corrected chi connectivity index (χ1v) is 8.97. The molecule has 2 aromatic rings. The van der Waals surface area contributed by atoms with Crippen molar-refractivity contribution in [1.29, 1.82) is 0 Å². The van der Waals surface area contributed by atoms with Gasteiger partial charge < -0.3 is 15.6 Å². The minimum Gasteiger partial charge on any atom is -0.345 e. The quantitative estimate of drug-likeness (QED) is 0.731. The average molecular weight is 395 g/mol. The molecule has 0 spiro atoms. The van der Waals surface area contributed by atoms with Crippen LogP contribution in [-0.2, 0) is 14.6 Å². The van der Waals surface area contributed by atoms with Gasteiger partial charge in [-0.25, -0.2) is 13.4 Å². The molecule has 1 saturated heterocycles. The van der Waals surface area contributed by atoms with Gasteiger partial charge >= 0.3 is 0 Å². The van der Waals surface area contributed by atoms with Gasteiger partial charge in [-0.2, -0.15) is 0 Å². The molecule has 1 aliphatic rings. The lowest BCUT2D eigenvalue weighted by atomic mass is 9.95. The Balaban J connectivity index is 0.00000144. The second kappa shape index (κ2) is 7.69. The second-order valence-corrected chi connectivity index (χ2v) is 7.90. The van der Waals surface area contributed by atoms with Gasteiger partial charge in [-0.1, -0.05) is 6.07 Å². The van der Waals surface area contributed by atoms with Crippen molar-refractivity contribution >= 4 is 57.3 Å². The lowest BCUT2D eigenvalue weighted by molar-refractivity contribution is -0.119. The number of nitrogens with one attached hydrogen (secondary N) is 3. The zero-order valence-corrected chi connectivity index (χ0v) is 15.5. The number of amides is 1. The maximum absolute atomic E-state index is 12.7. The van der Waals surface area contributed by atoms with Crippen LogP contribution in [0.3, 0.4) is 0 Å². The summed E-state index contributed by atoms with van der Waals surface area (Å²) >= 11 is 0. The largest absolute Gasteiger partial charge is 0.345 e. The summed E-state index contributed by atoms with van der Waals surface area (Å²) in [6, 6.07) is 5.35. The number of halogens is 2. The van der Waals surface area contributed by atoms with E-state index in [1.54, 1.807) is 12.1 Å². The van der Waals surface area contributed by atoms with Gasteiger partial charge in [0.15, 0.2) is 14.6 Å². The molecule has 7 nitrogen and oxygen atoms in total. The molecule has 1 aromatic heterocycles. The van der Waals surface area contributed by atoms with E-state index in [1.807, 2.05) is 6.07 Å². The Hall–Kier alpha value is -1.35. The van der Waals surface area contributed by atoms with Crippen molar-refractivity contribution in [3.63, 3.8) is 0 Å². The fourth-order valence-corrected chi connectivity index (χ4v) is 4.23. The van der Waals surface area contributed by atoms with Gasteiger partial charge in [-0.05, 0) is 38.1 Å². The smallest absolute Gasteiger partial charge is 0.245 e. The lowest BCUT2D eigenvalue weighted by Gasteiger charge is -2.34. The van der Waals surface area contributed by atoms with Gasteiger partial charge in [0.1, 0.15) is 5.52 Å². The number of para-hydroxylation sites is 1. The number of imidazole rings is 1. The molecule has 2 heterocycles. The molecule has 1 aliphatic heterocycles. The van der Waals surface area contributed by atoms with E-state index in [-0.39, 0.29) is 37.7 Å². The van der Waals surface area contributed by atoms with Gasteiger partial charge in [-0.3, -0.25) is 4.79 Å². The van der Waals surface area contributed by atoms with Gasteiger partial charge in [0.05, 0.1) is 17.5 Å². The van der Waals surface area contributed by atoms with E-state index in [0.29, 0.717) is 24.3 Å². The maximum atomic E-state index is 12.7. The van der Waals surface area contributed by atoms with Gasteiger partial charge in [-0.15, -0.1) is 24.8 Å². The number of carbonyl (C=O) groups excluding carboxylic acids is 1. The van der Waals surface area contributed by atoms with Gasteiger partial charge in [0.2, 0.25) is 5.91 Å². The van der Waals surface area contributed by atoms with Crippen LogP contribution in [0.5, 0.6) is 0 Å². The summed E-state index contributed by atoms with van der Waals surface area (Å²) in [5.74, 6) is -0.480. The van der Waals surface area contributed by atoms with Crippen LogP contribution in [0.4, 0.5) is 5.69 Å². The summed E-state index contributed by atoms with van der Waals surface area (Å²) in [5, 5.41) is 5.85. The number of hydrogen-bond acceptors (Lipinski definition) is 5. The Morgan fingerprint density at radius 2 is 1.92 bits per heavy atom. The molecule has 134 valence electrons. The van der Waals surface area contributed by atoms with Crippen LogP contribution >= 0.6 is 24.8 Å². The Labute approximate surface area is 152 Å². The number of benzene rings is 1. The summed E-state index contributed by atoms with van der Waals surface area (Å²) in [4.78, 5) is 19.9. The van der Waals surface area contributed by atoms with Crippen molar-refractivity contribution < 1.29 is 13.2 Å². The van der Waals surface area contributed by atoms with Crippen LogP contribution in [0.15, 0.2) is 24.5 Å². The van der Waals surface area contributed by atoms with Crippen LogP contribution in [0.1, 0.15) is 12.8 Å². The minimum atomic E-state index is -3.53. The molecule has 0 saturated carbocycles. The number of anilines is 1. The second-order valence-electron chi connectivity index (χ2n) is 5.57. The number of hydrogen-bond donors (Lipinski definition) is 3. The Kier molecular flexibility index (Phi) is 6.63. The highest BCUT2D eigenvalue weighted by molar-refractivity contribution is 7.92. The Bertz CT molecular complexity index is 816. The summed E-state index contributed by atoms with van der Waals surface area (Å²) in [7, 11) is -3.53. The predicted octanol–water partition coefficient (Wildman–Crippen LogP) is 1.51. The average Bonchev–Trinajstić information content (AvgIpc) is 2.96. The van der Waals surface area contributed by atoms with Gasteiger partial charge in [0.25, 0.3) is 0 Å². The number of sulfone groups is 1. The van der Waals surface area contributed by atoms with Crippen molar-refractivity contribution in [2.24, 2.45) is 0 Å². The Morgan fingerprint density at radius 3 is 2.54 bits per heavy atom. The number of aromatic nitrogens is 2. The number of H-pyrrole nitrogens is 1. The highest BCUT2D eigenvalue weighted by atomic mass is 35.5. The first-order chi connectivity index (χ1) is 10.4. The molecule has 0 aliphatic carbocycles. The summed E-state index contributed by atoms with van der Waals surface area (Å²) in [6.07, 6.45) is 3.21. The van der Waals surface area contributed by atoms with Crippen LogP contribution in [0.25, 0.3) is 11.0 Å². The molecule has 0 radical (unpaired) electrons. The molecule has 1 aromatic carbocycles. The standard InChI is InChI=1S/C14H18N4O3S.2ClH/c1-22(20,21)14(5-7-15-8-6-14)13(19)18-11-4-2-3-10-12(11)17-9-16-10;;/h2-4,9,15H,5-8H2,1H3,(H,16,17)(H,18,19);2*1H. The molecular formula is C14H20Cl2N4O3S. The molecule has 1 fully saturated rings. The number of rotatable bonds is 3. The highest BCUT2D eigenvalue weighted by Crippen LogP contribution is 2.30. The van der Waals surface area contributed by atoms with E-state index in [9.17, 15) is 13.2 Å². The first kappa shape index (κ1) is 20.7.